The third-order valence-corrected chi connectivity index (χ3v) is 11.1. The van der Waals surface area contributed by atoms with Crippen molar-refractivity contribution in [1.82, 2.24) is 0 Å². The molecular weight excluding hydrogens is 580 g/mol. The van der Waals surface area contributed by atoms with E-state index in [4.69, 9.17) is 14.7 Å². The van der Waals surface area contributed by atoms with Gasteiger partial charge in [0, 0.05) is 16.7 Å². The molecule has 7 nitrogen and oxygen atoms in total. The van der Waals surface area contributed by atoms with E-state index in [1.165, 1.54) is 19.1 Å². The molecule has 8 atom stereocenters. The summed E-state index contributed by atoms with van der Waals surface area (Å²) in [5.41, 5.74) is -5.02. The van der Waals surface area contributed by atoms with E-state index in [2.05, 4.69) is 0 Å². The number of ketones is 1. The van der Waals surface area contributed by atoms with Crippen LogP contribution in [0.3, 0.4) is 0 Å². The number of hydrogen-bond acceptors (Lipinski definition) is 7. The van der Waals surface area contributed by atoms with Crippen LogP contribution < -0.4 is 0 Å². The van der Waals surface area contributed by atoms with Gasteiger partial charge in [0.1, 0.15) is 12.2 Å². The molecule has 234 valence electrons. The highest BCUT2D eigenvalue weighted by atomic mass is 19.1. The first-order chi connectivity index (χ1) is 21.4. The summed E-state index contributed by atoms with van der Waals surface area (Å²) in [7, 11) is 0. The van der Waals surface area contributed by atoms with Crippen molar-refractivity contribution in [2.75, 3.05) is 6.61 Å². The molecule has 3 saturated carbocycles. The average Bonchev–Trinajstić information content (AvgIpc) is 3.31. The fraction of sp³-hybridized carbons (Fsp3) is 0.444. The quantitative estimate of drug-likeness (QED) is 0.424. The number of aliphatic hydroxyl groups excluding tert-OH is 1. The molecule has 0 saturated heterocycles. The average molecular weight is 616 g/mol. The van der Waals surface area contributed by atoms with E-state index in [9.17, 15) is 19.5 Å². The molecule has 3 fully saturated rings. The molecule has 4 aliphatic rings. The van der Waals surface area contributed by atoms with E-state index in [0.717, 1.165) is 17.2 Å². The number of aliphatic hydroxyl groups is 1. The number of nitrogens with zero attached hydrogens (tertiary/aromatic N) is 1. The lowest BCUT2D eigenvalue weighted by Crippen LogP contribution is -2.70. The largest absolute Gasteiger partial charge is 0.447 e. The van der Waals surface area contributed by atoms with Gasteiger partial charge in [-0.2, -0.15) is 5.26 Å². The van der Waals surface area contributed by atoms with Gasteiger partial charge in [-0.25, -0.2) is 18.4 Å². The van der Waals surface area contributed by atoms with Gasteiger partial charge >= 0.3 is 11.9 Å². The van der Waals surface area contributed by atoms with Gasteiger partial charge in [-0.3, -0.25) is 4.79 Å². The minimum atomic E-state index is -2.35. The van der Waals surface area contributed by atoms with Crippen LogP contribution >= 0.6 is 0 Å². The molecule has 4 aliphatic carbocycles. The summed E-state index contributed by atoms with van der Waals surface area (Å²) in [6.45, 7) is 2.56. The fourth-order valence-electron chi connectivity index (χ4n) is 8.76. The van der Waals surface area contributed by atoms with Crippen LogP contribution in [0.4, 0.5) is 8.78 Å². The number of alkyl halides is 2. The number of fused-ring (bicyclic) bond motifs is 5. The molecule has 0 bridgehead atoms. The van der Waals surface area contributed by atoms with Crippen LogP contribution in [-0.4, -0.2) is 53.0 Å². The predicted molar refractivity (Wildman–Crippen MR) is 159 cm³/mol. The number of ether oxygens (including phenoxy) is 2. The van der Waals surface area contributed by atoms with E-state index in [-0.39, 0.29) is 36.8 Å². The Morgan fingerprint density at radius 3 is 2.44 bits per heavy atom. The lowest BCUT2D eigenvalue weighted by molar-refractivity contribution is -0.228. The standard InChI is InChI=1S/C36H35F2NO6/c1-33-14-12-25(40)19-28(33)29(37)20-27-26-13-15-35(32(43)44-17-16-39,34(26,2)21-30(41)36(27,33)38)45-31(42)24-10-8-23(9-11-24)18-22-6-4-3-5-7-22/h3-12,14,19,26-27,29-30,41H,13,15,17-18,20-21H2,1-2H3/t26-,27-,29-,30-,33-,34-,35+,36?/m0/s1. The second kappa shape index (κ2) is 11.0. The van der Waals surface area contributed by atoms with Crippen LogP contribution in [0, 0.1) is 34.0 Å². The number of hydrogen-bond donors (Lipinski definition) is 1. The van der Waals surface area contributed by atoms with E-state index in [1.54, 1.807) is 37.3 Å². The van der Waals surface area contributed by atoms with Gasteiger partial charge in [-0.1, -0.05) is 55.5 Å². The fourth-order valence-corrected chi connectivity index (χ4v) is 8.76. The monoisotopic (exact) mass is 615 g/mol. The van der Waals surface area contributed by atoms with Crippen LogP contribution in [-0.2, 0) is 25.5 Å². The Labute approximate surface area is 260 Å². The Hall–Kier alpha value is -4.16. The summed E-state index contributed by atoms with van der Waals surface area (Å²) < 4.78 is 44.7. The number of nitriles is 1. The Bertz CT molecular complexity index is 1630. The number of carbonyl (C=O) groups excluding carboxylic acids is 3. The van der Waals surface area contributed by atoms with Crippen molar-refractivity contribution in [3.05, 3.63) is 95.1 Å². The van der Waals surface area contributed by atoms with Gasteiger partial charge in [0.25, 0.3) is 0 Å². The molecule has 0 aliphatic heterocycles. The Morgan fingerprint density at radius 1 is 1.07 bits per heavy atom. The van der Waals surface area contributed by atoms with E-state index >= 15 is 8.78 Å². The van der Waals surface area contributed by atoms with Crippen LogP contribution in [0.5, 0.6) is 0 Å². The molecule has 0 heterocycles. The Morgan fingerprint density at radius 2 is 1.76 bits per heavy atom. The van der Waals surface area contributed by atoms with Gasteiger partial charge in [0.05, 0.1) is 11.7 Å². The number of esters is 2. The van der Waals surface area contributed by atoms with Gasteiger partial charge in [0.15, 0.2) is 18.1 Å². The summed E-state index contributed by atoms with van der Waals surface area (Å²) in [4.78, 5) is 39.6. The molecule has 1 N–H and O–H groups in total. The first-order valence-corrected chi connectivity index (χ1v) is 15.3. The van der Waals surface area contributed by atoms with Crippen LogP contribution in [0.2, 0.25) is 0 Å². The number of rotatable bonds is 6. The molecule has 0 spiro atoms. The topological polar surface area (TPSA) is 114 Å². The highest BCUT2D eigenvalue weighted by Crippen LogP contribution is 2.70. The highest BCUT2D eigenvalue weighted by Gasteiger charge is 2.77. The molecule has 2 aromatic rings. The number of benzene rings is 2. The second-order valence-corrected chi connectivity index (χ2v) is 13.2. The van der Waals surface area contributed by atoms with Crippen molar-refractivity contribution >= 4 is 17.7 Å². The zero-order chi connectivity index (χ0) is 32.2. The lowest BCUT2D eigenvalue weighted by atomic mass is 9.44. The van der Waals surface area contributed by atoms with E-state index in [0.29, 0.717) is 6.42 Å². The second-order valence-electron chi connectivity index (χ2n) is 13.2. The van der Waals surface area contributed by atoms with Gasteiger partial charge in [0.2, 0.25) is 5.60 Å². The third kappa shape index (κ3) is 4.56. The molecule has 0 aromatic heterocycles. The molecule has 9 heteroatoms. The van der Waals surface area contributed by atoms with E-state index in [1.807, 2.05) is 30.3 Å². The van der Waals surface area contributed by atoms with Crippen LogP contribution in [0.15, 0.2) is 78.4 Å². The zero-order valence-electron chi connectivity index (χ0n) is 25.2. The smallest absolute Gasteiger partial charge is 0.352 e. The summed E-state index contributed by atoms with van der Waals surface area (Å²) in [5, 5.41) is 20.8. The number of halogens is 2. The van der Waals surface area contributed by atoms with Gasteiger partial charge < -0.3 is 14.6 Å². The Kier molecular flexibility index (Phi) is 7.56. The maximum Gasteiger partial charge on any atom is 0.352 e. The van der Waals surface area contributed by atoms with Gasteiger partial charge in [-0.15, -0.1) is 0 Å². The van der Waals surface area contributed by atoms with Crippen molar-refractivity contribution in [2.24, 2.45) is 22.7 Å². The van der Waals surface area contributed by atoms with Crippen molar-refractivity contribution in [2.45, 2.75) is 69.5 Å². The lowest BCUT2D eigenvalue weighted by Gasteiger charge is -2.62. The van der Waals surface area contributed by atoms with Gasteiger partial charge in [-0.05, 0) is 85.9 Å². The predicted octanol–water partition coefficient (Wildman–Crippen LogP) is 5.56. The normalized spacial score (nSPS) is 36.5. The Balaban J connectivity index is 1.34. The summed E-state index contributed by atoms with van der Waals surface area (Å²) >= 11 is 0. The molecule has 45 heavy (non-hydrogen) atoms. The highest BCUT2D eigenvalue weighted by molar-refractivity contribution is 6.01. The minimum Gasteiger partial charge on any atom is -0.447 e. The van der Waals surface area contributed by atoms with E-state index < -0.39 is 70.5 Å². The van der Waals surface area contributed by atoms with Crippen molar-refractivity contribution in [3.63, 3.8) is 0 Å². The molecule has 0 radical (unpaired) electrons. The zero-order valence-corrected chi connectivity index (χ0v) is 25.2. The first-order valence-electron chi connectivity index (χ1n) is 15.3. The molecule has 1 unspecified atom stereocenters. The molecule has 6 rings (SSSR count). The van der Waals surface area contributed by atoms with Crippen molar-refractivity contribution < 1.29 is 37.7 Å². The minimum absolute atomic E-state index is 0.00349. The molecule has 2 aromatic carbocycles. The summed E-state index contributed by atoms with van der Waals surface area (Å²) in [6.07, 6.45) is 0.506. The maximum atomic E-state index is 17.5. The molecule has 0 amide bonds. The SMILES string of the molecule is C[C@]12C=CC(=O)C=C1[C@@H](F)C[C@H]1[C@@H]3CC[C@@](OC(=O)c4ccc(Cc5ccccc5)cc4)(C(=O)OCC#N)[C@@]3(C)C[C@H](O)C12F. The summed E-state index contributed by atoms with van der Waals surface area (Å²) in [5.74, 6) is -3.96. The summed E-state index contributed by atoms with van der Waals surface area (Å²) in [6, 6.07) is 18.4. The van der Waals surface area contributed by atoms with Crippen molar-refractivity contribution in [3.8, 4) is 6.07 Å². The first kappa shape index (κ1) is 30.8. The van der Waals surface area contributed by atoms with Crippen LogP contribution in [0.1, 0.15) is 61.0 Å². The van der Waals surface area contributed by atoms with Crippen molar-refractivity contribution in [1.29, 1.82) is 5.26 Å². The molecular formula is C36H35F2NO6. The number of allylic oxidation sites excluding steroid dienone is 4. The number of carbonyl (C=O) groups is 3. The maximum absolute atomic E-state index is 17.5. The van der Waals surface area contributed by atoms with Crippen LogP contribution in [0.25, 0.3) is 0 Å². The third-order valence-electron chi connectivity index (χ3n) is 11.1.